The molecule has 5 nitrogen and oxygen atoms in total. The van der Waals surface area contributed by atoms with E-state index >= 15 is 0 Å². The Morgan fingerprint density at radius 2 is 2.19 bits per heavy atom. The number of carbonyl (C=O) groups excluding carboxylic acids is 1. The van der Waals surface area contributed by atoms with Gasteiger partial charge in [-0.3, -0.25) is 9.59 Å². The first kappa shape index (κ1) is 16.2. The quantitative estimate of drug-likeness (QED) is 0.868. The van der Waals surface area contributed by atoms with Crippen LogP contribution < -0.4 is 10.2 Å². The number of thiazole rings is 1. The molecule has 1 aromatic rings. The molecule has 1 fully saturated rings. The van der Waals surface area contributed by atoms with Crippen LogP contribution in [0.25, 0.3) is 0 Å². The molecule has 0 radical (unpaired) electrons. The van der Waals surface area contributed by atoms with Crippen molar-refractivity contribution < 1.29 is 4.79 Å². The van der Waals surface area contributed by atoms with Gasteiger partial charge in [0.05, 0.1) is 0 Å². The molecule has 21 heavy (non-hydrogen) atoms. The lowest BCUT2D eigenvalue weighted by atomic mass is 10.0. The predicted octanol–water partition coefficient (Wildman–Crippen LogP) is 1.60. The first-order chi connectivity index (χ1) is 10.1. The monoisotopic (exact) mass is 311 g/mol. The van der Waals surface area contributed by atoms with Gasteiger partial charge in [0.15, 0.2) is 0 Å². The maximum Gasteiger partial charge on any atom is 0.307 e. The highest BCUT2D eigenvalue weighted by Gasteiger charge is 2.24. The summed E-state index contributed by atoms with van der Waals surface area (Å²) in [6, 6.07) is 0.360. The number of amides is 1. The van der Waals surface area contributed by atoms with Gasteiger partial charge in [0.25, 0.3) is 0 Å². The largest absolute Gasteiger partial charge is 0.340 e. The number of rotatable bonds is 6. The number of piperidine rings is 1. The van der Waals surface area contributed by atoms with Crippen molar-refractivity contribution in [1.82, 2.24) is 14.8 Å². The Labute approximate surface area is 130 Å². The summed E-state index contributed by atoms with van der Waals surface area (Å²) in [5.74, 6) is 0.182. The minimum absolute atomic E-state index is 0.0317. The zero-order chi connectivity index (χ0) is 15.2. The predicted molar refractivity (Wildman–Crippen MR) is 85.8 cm³/mol. The van der Waals surface area contributed by atoms with E-state index in [1.165, 1.54) is 11.3 Å². The summed E-state index contributed by atoms with van der Waals surface area (Å²) in [4.78, 5) is 26.3. The van der Waals surface area contributed by atoms with Crippen molar-refractivity contribution in [3.8, 4) is 0 Å². The lowest BCUT2D eigenvalue weighted by Crippen LogP contribution is -2.46. The van der Waals surface area contributed by atoms with Gasteiger partial charge in [-0.1, -0.05) is 18.3 Å². The van der Waals surface area contributed by atoms with E-state index in [1.807, 2.05) is 17.2 Å². The summed E-state index contributed by atoms with van der Waals surface area (Å²) < 4.78 is 1.70. The van der Waals surface area contributed by atoms with Crippen molar-refractivity contribution in [3.63, 3.8) is 0 Å². The first-order valence-corrected chi connectivity index (χ1v) is 8.66. The highest BCUT2D eigenvalue weighted by Crippen LogP contribution is 2.14. The minimum Gasteiger partial charge on any atom is -0.340 e. The van der Waals surface area contributed by atoms with E-state index in [0.717, 1.165) is 44.6 Å². The Balaban J connectivity index is 1.96. The number of nitrogens with zero attached hydrogens (tertiary/aromatic N) is 2. The number of carbonyl (C=O) groups is 1. The normalized spacial score (nSPS) is 16.1. The van der Waals surface area contributed by atoms with Gasteiger partial charge in [-0.15, -0.1) is 0 Å². The second kappa shape index (κ2) is 7.75. The fourth-order valence-corrected chi connectivity index (χ4v) is 3.66. The van der Waals surface area contributed by atoms with Gasteiger partial charge in [0, 0.05) is 36.6 Å². The highest BCUT2D eigenvalue weighted by molar-refractivity contribution is 7.07. The molecule has 1 amide bonds. The number of aromatic nitrogens is 1. The standard InChI is InChI=1S/C15H25N3O2S/c1-3-9-18(13-4-7-16-8-5-13)14(19)6-10-17-12(2)11-21-15(17)20/h11,13,16H,3-10H2,1-2H3. The molecule has 1 saturated heterocycles. The van der Waals surface area contributed by atoms with Crippen LogP contribution in [0.5, 0.6) is 0 Å². The fourth-order valence-electron chi connectivity index (χ4n) is 2.90. The number of aryl methyl sites for hydroxylation is 1. The lowest BCUT2D eigenvalue weighted by Gasteiger charge is -2.34. The lowest BCUT2D eigenvalue weighted by molar-refractivity contribution is -0.134. The van der Waals surface area contributed by atoms with Crippen LogP contribution in [0.1, 0.15) is 38.3 Å². The van der Waals surface area contributed by atoms with E-state index in [1.54, 1.807) is 4.57 Å². The van der Waals surface area contributed by atoms with Crippen molar-refractivity contribution in [3.05, 3.63) is 20.7 Å². The van der Waals surface area contributed by atoms with Gasteiger partial charge in [0.2, 0.25) is 5.91 Å². The molecule has 1 N–H and O–H groups in total. The van der Waals surface area contributed by atoms with Crippen molar-refractivity contribution in [2.24, 2.45) is 0 Å². The summed E-state index contributed by atoms with van der Waals surface area (Å²) in [6.07, 6.45) is 3.46. The molecule has 2 heterocycles. The molecule has 1 aliphatic heterocycles. The Morgan fingerprint density at radius 1 is 1.48 bits per heavy atom. The van der Waals surface area contributed by atoms with E-state index in [9.17, 15) is 9.59 Å². The fraction of sp³-hybridized carbons (Fsp3) is 0.733. The van der Waals surface area contributed by atoms with Crippen molar-refractivity contribution in [2.45, 2.75) is 52.1 Å². The second-order valence-electron chi connectivity index (χ2n) is 5.61. The zero-order valence-electron chi connectivity index (χ0n) is 12.9. The molecule has 2 rings (SSSR count). The molecule has 1 aliphatic rings. The molecule has 0 aromatic carbocycles. The van der Waals surface area contributed by atoms with Crippen LogP contribution in [0.15, 0.2) is 10.2 Å². The molecule has 1 aromatic heterocycles. The third-order valence-corrected chi connectivity index (χ3v) is 4.94. The Morgan fingerprint density at radius 3 is 2.76 bits per heavy atom. The van der Waals surface area contributed by atoms with E-state index in [2.05, 4.69) is 12.2 Å². The minimum atomic E-state index is 0.0317. The van der Waals surface area contributed by atoms with Gasteiger partial charge >= 0.3 is 4.87 Å². The molecule has 0 aliphatic carbocycles. The molecule has 0 spiro atoms. The third kappa shape index (κ3) is 4.17. The smallest absolute Gasteiger partial charge is 0.307 e. The SMILES string of the molecule is CCCN(C(=O)CCn1c(C)csc1=O)C1CCNCC1. The number of hydrogen-bond acceptors (Lipinski definition) is 4. The second-order valence-corrected chi connectivity index (χ2v) is 6.43. The Bertz CT molecular complexity index is 517. The molecular formula is C15H25N3O2S. The highest BCUT2D eigenvalue weighted by atomic mass is 32.1. The summed E-state index contributed by atoms with van der Waals surface area (Å²) in [5.41, 5.74) is 0.946. The Kier molecular flexibility index (Phi) is 5.99. The topological polar surface area (TPSA) is 54.3 Å². The maximum absolute atomic E-state index is 12.5. The summed E-state index contributed by atoms with van der Waals surface area (Å²) in [6.45, 7) is 7.32. The molecular weight excluding hydrogens is 286 g/mol. The van der Waals surface area contributed by atoms with Crippen molar-refractivity contribution >= 4 is 17.2 Å². The van der Waals surface area contributed by atoms with Crippen LogP contribution in [0.3, 0.4) is 0 Å². The van der Waals surface area contributed by atoms with E-state index in [-0.39, 0.29) is 10.8 Å². The average Bonchev–Trinajstić information content (AvgIpc) is 2.82. The van der Waals surface area contributed by atoms with Gasteiger partial charge < -0.3 is 14.8 Å². The summed E-state index contributed by atoms with van der Waals surface area (Å²) >= 11 is 1.20. The first-order valence-electron chi connectivity index (χ1n) is 7.78. The maximum atomic E-state index is 12.5. The number of nitrogens with one attached hydrogen (secondary N) is 1. The molecule has 0 atom stereocenters. The van der Waals surface area contributed by atoms with E-state index in [4.69, 9.17) is 0 Å². The van der Waals surface area contributed by atoms with Crippen LogP contribution in [-0.2, 0) is 11.3 Å². The zero-order valence-corrected chi connectivity index (χ0v) is 13.7. The van der Waals surface area contributed by atoms with Gasteiger partial charge in [0.1, 0.15) is 0 Å². The Hall–Kier alpha value is -1.14. The van der Waals surface area contributed by atoms with Gasteiger partial charge in [-0.05, 0) is 39.3 Å². The average molecular weight is 311 g/mol. The van der Waals surface area contributed by atoms with Crippen LogP contribution >= 0.6 is 11.3 Å². The number of hydrogen-bond donors (Lipinski definition) is 1. The summed E-state index contributed by atoms with van der Waals surface area (Å²) in [7, 11) is 0. The molecule has 0 bridgehead atoms. The summed E-state index contributed by atoms with van der Waals surface area (Å²) in [5, 5.41) is 5.19. The van der Waals surface area contributed by atoms with Crippen molar-refractivity contribution in [1.29, 1.82) is 0 Å². The van der Waals surface area contributed by atoms with Crippen LogP contribution in [0.2, 0.25) is 0 Å². The van der Waals surface area contributed by atoms with Crippen LogP contribution in [0, 0.1) is 6.92 Å². The van der Waals surface area contributed by atoms with Crippen LogP contribution in [0.4, 0.5) is 0 Å². The van der Waals surface area contributed by atoms with Crippen molar-refractivity contribution in [2.75, 3.05) is 19.6 Å². The van der Waals surface area contributed by atoms with Gasteiger partial charge in [-0.25, -0.2) is 0 Å². The molecule has 0 saturated carbocycles. The molecule has 0 unspecified atom stereocenters. The van der Waals surface area contributed by atoms with E-state index < -0.39 is 0 Å². The third-order valence-electron chi connectivity index (χ3n) is 4.06. The van der Waals surface area contributed by atoms with E-state index in [0.29, 0.717) is 19.0 Å². The van der Waals surface area contributed by atoms with Gasteiger partial charge in [-0.2, -0.15) is 0 Å². The van der Waals surface area contributed by atoms with Crippen LogP contribution in [-0.4, -0.2) is 41.1 Å². The molecule has 118 valence electrons. The molecule has 6 heteroatoms.